The summed E-state index contributed by atoms with van der Waals surface area (Å²) in [6.45, 7) is 1.59. The molecule has 0 atom stereocenters. The molecule has 0 aliphatic rings. The number of benzene rings is 2. The van der Waals surface area contributed by atoms with Gasteiger partial charge in [-0.1, -0.05) is 17.7 Å². The summed E-state index contributed by atoms with van der Waals surface area (Å²) in [7, 11) is 0. The van der Waals surface area contributed by atoms with Crippen LogP contribution >= 0.6 is 11.6 Å². The maximum Gasteiger partial charge on any atom is 0.123 e. The van der Waals surface area contributed by atoms with E-state index >= 15 is 0 Å². The largest absolute Gasteiger partial charge is 0.383 e. The number of nitrogens with one attached hydrogen (secondary N) is 1. The first kappa shape index (κ1) is 13.0. The van der Waals surface area contributed by atoms with Gasteiger partial charge in [-0.25, -0.2) is 4.39 Å². The number of aromatic nitrogens is 1. The van der Waals surface area contributed by atoms with E-state index in [2.05, 4.69) is 9.88 Å². The molecule has 0 aliphatic carbocycles. The fraction of sp³-hybridized carbons (Fsp3) is 0.125. The molecule has 1 heterocycles. The van der Waals surface area contributed by atoms with Crippen molar-refractivity contribution in [2.24, 2.45) is 0 Å². The standard InChI is InChI=1S/C16H14ClFN2/c17-13-2-1-3-15(11-13)19-7-9-20-8-6-12-10-14(18)4-5-16(12)20/h1-6,8,10-11,19H,7,9H2. The van der Waals surface area contributed by atoms with E-state index in [1.165, 1.54) is 6.07 Å². The van der Waals surface area contributed by atoms with Crippen LogP contribution < -0.4 is 5.32 Å². The van der Waals surface area contributed by atoms with Gasteiger partial charge in [-0.15, -0.1) is 0 Å². The Kier molecular flexibility index (Phi) is 3.61. The summed E-state index contributed by atoms with van der Waals surface area (Å²) < 4.78 is 15.2. The van der Waals surface area contributed by atoms with E-state index in [9.17, 15) is 4.39 Å². The van der Waals surface area contributed by atoms with Gasteiger partial charge in [0.15, 0.2) is 0 Å². The highest BCUT2D eigenvalue weighted by atomic mass is 35.5. The molecule has 0 saturated carbocycles. The third kappa shape index (κ3) is 2.78. The minimum absolute atomic E-state index is 0.202. The van der Waals surface area contributed by atoms with Crippen LogP contribution in [0.2, 0.25) is 5.02 Å². The molecule has 1 aromatic heterocycles. The minimum Gasteiger partial charge on any atom is -0.383 e. The Morgan fingerprint density at radius 2 is 2.00 bits per heavy atom. The smallest absolute Gasteiger partial charge is 0.123 e. The van der Waals surface area contributed by atoms with Gasteiger partial charge >= 0.3 is 0 Å². The topological polar surface area (TPSA) is 17.0 Å². The van der Waals surface area contributed by atoms with Crippen molar-refractivity contribution in [2.45, 2.75) is 6.54 Å². The van der Waals surface area contributed by atoms with Crippen molar-refractivity contribution in [1.29, 1.82) is 0 Å². The number of fused-ring (bicyclic) bond motifs is 1. The van der Waals surface area contributed by atoms with Crippen molar-refractivity contribution in [2.75, 3.05) is 11.9 Å². The van der Waals surface area contributed by atoms with Crippen LogP contribution in [0.15, 0.2) is 54.7 Å². The van der Waals surface area contributed by atoms with Gasteiger partial charge in [0.2, 0.25) is 0 Å². The molecule has 3 rings (SSSR count). The lowest BCUT2D eigenvalue weighted by Gasteiger charge is -2.09. The SMILES string of the molecule is Fc1ccc2c(ccn2CCNc2cccc(Cl)c2)c1. The predicted molar refractivity (Wildman–Crippen MR) is 81.8 cm³/mol. The van der Waals surface area contributed by atoms with Crippen molar-refractivity contribution in [3.63, 3.8) is 0 Å². The fourth-order valence-electron chi connectivity index (χ4n) is 2.29. The molecule has 0 bridgehead atoms. The van der Waals surface area contributed by atoms with Crippen LogP contribution in [0.25, 0.3) is 10.9 Å². The maximum atomic E-state index is 13.1. The van der Waals surface area contributed by atoms with Crippen LogP contribution in [0.4, 0.5) is 10.1 Å². The highest BCUT2D eigenvalue weighted by molar-refractivity contribution is 6.30. The summed E-state index contributed by atoms with van der Waals surface area (Å²) in [5, 5.41) is 4.96. The normalized spacial score (nSPS) is 10.9. The minimum atomic E-state index is -0.202. The second kappa shape index (κ2) is 5.55. The Hall–Kier alpha value is -2.00. The van der Waals surface area contributed by atoms with Gasteiger partial charge in [0.25, 0.3) is 0 Å². The molecule has 0 fully saturated rings. The Morgan fingerprint density at radius 3 is 2.85 bits per heavy atom. The third-order valence-electron chi connectivity index (χ3n) is 3.24. The molecule has 20 heavy (non-hydrogen) atoms. The predicted octanol–water partition coefficient (Wildman–Crippen LogP) is 4.55. The lowest BCUT2D eigenvalue weighted by Crippen LogP contribution is -2.09. The molecule has 0 unspecified atom stereocenters. The van der Waals surface area contributed by atoms with Crippen molar-refractivity contribution >= 4 is 28.2 Å². The monoisotopic (exact) mass is 288 g/mol. The molecule has 1 N–H and O–H groups in total. The number of hydrogen-bond donors (Lipinski definition) is 1. The van der Waals surface area contributed by atoms with Crippen LogP contribution in [0.5, 0.6) is 0 Å². The summed E-state index contributed by atoms with van der Waals surface area (Å²) in [5.74, 6) is -0.202. The van der Waals surface area contributed by atoms with E-state index in [4.69, 9.17) is 11.6 Å². The molecule has 0 radical (unpaired) electrons. The number of halogens is 2. The zero-order valence-corrected chi connectivity index (χ0v) is 11.6. The Labute approximate surface area is 121 Å². The summed E-state index contributed by atoms with van der Waals surface area (Å²) >= 11 is 5.94. The number of anilines is 1. The second-order valence-electron chi connectivity index (χ2n) is 4.65. The fourth-order valence-corrected chi connectivity index (χ4v) is 2.48. The van der Waals surface area contributed by atoms with E-state index in [0.29, 0.717) is 0 Å². The van der Waals surface area contributed by atoms with Crippen molar-refractivity contribution in [3.05, 3.63) is 65.6 Å². The molecule has 0 saturated heterocycles. The summed E-state index contributed by atoms with van der Waals surface area (Å²) in [4.78, 5) is 0. The molecular formula is C16H14ClFN2. The first-order chi connectivity index (χ1) is 9.72. The molecule has 102 valence electrons. The molecule has 0 amide bonds. The molecule has 2 aromatic carbocycles. The molecule has 0 spiro atoms. The van der Waals surface area contributed by atoms with Gasteiger partial charge in [-0.05, 0) is 42.5 Å². The van der Waals surface area contributed by atoms with Crippen LogP contribution in [0.3, 0.4) is 0 Å². The molecule has 2 nitrogen and oxygen atoms in total. The highest BCUT2D eigenvalue weighted by Gasteiger charge is 2.02. The molecular weight excluding hydrogens is 275 g/mol. The van der Waals surface area contributed by atoms with Gasteiger partial charge in [-0.3, -0.25) is 0 Å². The first-order valence-corrected chi connectivity index (χ1v) is 6.84. The third-order valence-corrected chi connectivity index (χ3v) is 3.47. The first-order valence-electron chi connectivity index (χ1n) is 6.46. The van der Waals surface area contributed by atoms with E-state index < -0.39 is 0 Å². The lowest BCUT2D eigenvalue weighted by atomic mass is 10.2. The van der Waals surface area contributed by atoms with E-state index in [-0.39, 0.29) is 5.82 Å². The van der Waals surface area contributed by atoms with Crippen LogP contribution in [-0.2, 0) is 6.54 Å². The highest BCUT2D eigenvalue weighted by Crippen LogP contribution is 2.18. The van der Waals surface area contributed by atoms with E-state index in [0.717, 1.165) is 34.7 Å². The van der Waals surface area contributed by atoms with E-state index in [1.54, 1.807) is 6.07 Å². The zero-order chi connectivity index (χ0) is 13.9. The van der Waals surface area contributed by atoms with Gasteiger partial charge < -0.3 is 9.88 Å². The number of hydrogen-bond acceptors (Lipinski definition) is 1. The Bertz CT molecular complexity index is 736. The van der Waals surface area contributed by atoms with Gasteiger partial charge in [0, 0.05) is 40.9 Å². The maximum absolute atomic E-state index is 13.1. The Morgan fingerprint density at radius 1 is 1.10 bits per heavy atom. The zero-order valence-electron chi connectivity index (χ0n) is 10.8. The summed E-state index contributed by atoms with van der Waals surface area (Å²) in [5.41, 5.74) is 2.04. The van der Waals surface area contributed by atoms with Crippen molar-refractivity contribution in [1.82, 2.24) is 4.57 Å². The van der Waals surface area contributed by atoms with Crippen molar-refractivity contribution in [3.8, 4) is 0 Å². The average Bonchev–Trinajstić information content (AvgIpc) is 2.81. The van der Waals surface area contributed by atoms with Gasteiger partial charge in [0.05, 0.1) is 0 Å². The molecule has 3 aromatic rings. The lowest BCUT2D eigenvalue weighted by molar-refractivity contribution is 0.629. The van der Waals surface area contributed by atoms with Gasteiger partial charge in [0.1, 0.15) is 5.82 Å². The number of rotatable bonds is 4. The molecule has 4 heteroatoms. The quantitative estimate of drug-likeness (QED) is 0.745. The number of nitrogens with zero attached hydrogens (tertiary/aromatic N) is 1. The Balaban J connectivity index is 1.68. The van der Waals surface area contributed by atoms with Crippen LogP contribution in [0, 0.1) is 5.82 Å². The summed E-state index contributed by atoms with van der Waals surface area (Å²) in [6.07, 6.45) is 1.98. The molecule has 0 aliphatic heterocycles. The average molecular weight is 289 g/mol. The van der Waals surface area contributed by atoms with Gasteiger partial charge in [-0.2, -0.15) is 0 Å². The summed E-state index contributed by atoms with van der Waals surface area (Å²) in [6, 6.07) is 14.4. The second-order valence-corrected chi connectivity index (χ2v) is 5.09. The van der Waals surface area contributed by atoms with Crippen LogP contribution in [0.1, 0.15) is 0 Å². The van der Waals surface area contributed by atoms with Crippen LogP contribution in [-0.4, -0.2) is 11.1 Å². The van der Waals surface area contributed by atoms with Crippen molar-refractivity contribution < 1.29 is 4.39 Å². The van der Waals surface area contributed by atoms with E-state index in [1.807, 2.05) is 42.6 Å².